The summed E-state index contributed by atoms with van der Waals surface area (Å²) < 4.78 is 5.20. The lowest BCUT2D eigenvalue weighted by atomic mass is 10.2. The third kappa shape index (κ3) is 3.92. The van der Waals surface area contributed by atoms with Crippen molar-refractivity contribution >= 4 is 51.7 Å². The van der Waals surface area contributed by atoms with Gasteiger partial charge in [0, 0.05) is 21.1 Å². The SMILES string of the molecule is C[C@@H](OC(=O)c1n[nH]c2ccccc12)C(=O)Nc1cc(Cl)cc(Cl)c1. The van der Waals surface area contributed by atoms with Gasteiger partial charge in [0.25, 0.3) is 5.91 Å². The molecule has 0 unspecified atom stereocenters. The van der Waals surface area contributed by atoms with Gasteiger partial charge in [0.15, 0.2) is 11.8 Å². The van der Waals surface area contributed by atoms with Crippen molar-refractivity contribution in [2.75, 3.05) is 5.32 Å². The number of halogens is 2. The number of H-pyrrole nitrogens is 1. The molecular weight excluding hydrogens is 365 g/mol. The van der Waals surface area contributed by atoms with Crippen LogP contribution in [-0.4, -0.2) is 28.2 Å². The molecule has 3 rings (SSSR count). The summed E-state index contributed by atoms with van der Waals surface area (Å²) in [5.41, 5.74) is 1.25. The van der Waals surface area contributed by atoms with Crippen molar-refractivity contribution < 1.29 is 14.3 Å². The lowest BCUT2D eigenvalue weighted by Gasteiger charge is -2.13. The van der Waals surface area contributed by atoms with Crippen LogP contribution in [0.2, 0.25) is 10.0 Å². The largest absolute Gasteiger partial charge is 0.448 e. The Bertz CT molecular complexity index is 935. The molecule has 0 spiro atoms. The second-order valence-electron chi connectivity index (χ2n) is 5.31. The van der Waals surface area contributed by atoms with Gasteiger partial charge in [-0.25, -0.2) is 4.79 Å². The molecule has 0 aliphatic rings. The Morgan fingerprint density at radius 1 is 1.16 bits per heavy atom. The maximum Gasteiger partial charge on any atom is 0.360 e. The van der Waals surface area contributed by atoms with Gasteiger partial charge in [0.1, 0.15) is 0 Å². The second kappa shape index (κ2) is 7.13. The van der Waals surface area contributed by atoms with Crippen LogP contribution in [0.25, 0.3) is 10.9 Å². The third-order valence-corrected chi connectivity index (χ3v) is 3.88. The molecule has 1 atom stereocenters. The number of fused-ring (bicyclic) bond motifs is 1. The number of rotatable bonds is 4. The van der Waals surface area contributed by atoms with E-state index < -0.39 is 18.0 Å². The Kier molecular flexibility index (Phi) is 4.92. The summed E-state index contributed by atoms with van der Waals surface area (Å²) in [7, 11) is 0. The van der Waals surface area contributed by atoms with Crippen LogP contribution in [0, 0.1) is 0 Å². The van der Waals surface area contributed by atoms with Crippen LogP contribution in [0.5, 0.6) is 0 Å². The summed E-state index contributed by atoms with van der Waals surface area (Å²) in [6, 6.07) is 11.8. The van der Waals surface area contributed by atoms with Crippen LogP contribution in [0.3, 0.4) is 0 Å². The van der Waals surface area contributed by atoms with Crippen molar-refractivity contribution in [3.05, 3.63) is 58.2 Å². The molecule has 0 radical (unpaired) electrons. The van der Waals surface area contributed by atoms with Crippen LogP contribution in [0.4, 0.5) is 5.69 Å². The first-order valence-electron chi connectivity index (χ1n) is 7.35. The fourth-order valence-electron chi connectivity index (χ4n) is 2.26. The number of hydrogen-bond donors (Lipinski definition) is 2. The monoisotopic (exact) mass is 377 g/mol. The lowest BCUT2D eigenvalue weighted by molar-refractivity contribution is -0.123. The summed E-state index contributed by atoms with van der Waals surface area (Å²) in [5, 5.41) is 10.7. The van der Waals surface area contributed by atoms with E-state index in [1.807, 2.05) is 6.07 Å². The Labute approximate surface area is 153 Å². The average molecular weight is 378 g/mol. The minimum atomic E-state index is -1.03. The first-order valence-corrected chi connectivity index (χ1v) is 8.10. The molecule has 2 aromatic carbocycles. The van der Waals surface area contributed by atoms with Crippen LogP contribution < -0.4 is 5.32 Å². The van der Waals surface area contributed by atoms with Crippen molar-refractivity contribution in [2.45, 2.75) is 13.0 Å². The number of benzene rings is 2. The van der Waals surface area contributed by atoms with E-state index >= 15 is 0 Å². The number of aromatic nitrogens is 2. The fourth-order valence-corrected chi connectivity index (χ4v) is 2.78. The Morgan fingerprint density at radius 2 is 1.84 bits per heavy atom. The van der Waals surface area contributed by atoms with Crippen LogP contribution >= 0.6 is 23.2 Å². The zero-order valence-corrected chi connectivity index (χ0v) is 14.6. The number of carbonyl (C=O) groups is 2. The molecule has 128 valence electrons. The molecule has 8 heteroatoms. The molecule has 1 heterocycles. The summed E-state index contributed by atoms with van der Waals surface area (Å²) in [6.07, 6.45) is -1.03. The normalized spacial score (nSPS) is 12.0. The van der Waals surface area contributed by atoms with Crippen molar-refractivity contribution in [3.63, 3.8) is 0 Å². The van der Waals surface area contributed by atoms with E-state index in [0.29, 0.717) is 26.6 Å². The highest BCUT2D eigenvalue weighted by molar-refractivity contribution is 6.35. The number of ether oxygens (including phenoxy) is 1. The van der Waals surface area contributed by atoms with Crippen LogP contribution in [0.15, 0.2) is 42.5 Å². The molecule has 6 nitrogen and oxygen atoms in total. The smallest absolute Gasteiger partial charge is 0.360 e. The fraction of sp³-hybridized carbons (Fsp3) is 0.118. The summed E-state index contributed by atoms with van der Waals surface area (Å²) in [5.74, 6) is -1.20. The maximum absolute atomic E-state index is 12.3. The molecule has 2 N–H and O–H groups in total. The number of amides is 1. The number of para-hydroxylation sites is 1. The standard InChI is InChI=1S/C17H13Cl2N3O3/c1-9(16(23)20-12-7-10(18)6-11(19)8-12)25-17(24)15-13-4-2-3-5-14(13)21-22-15/h2-9H,1H3,(H,20,23)(H,21,22)/t9-/m1/s1. The average Bonchev–Trinajstić information content (AvgIpc) is 2.97. The third-order valence-electron chi connectivity index (χ3n) is 3.45. The van der Waals surface area contributed by atoms with E-state index in [1.165, 1.54) is 6.92 Å². The van der Waals surface area contributed by atoms with E-state index in [9.17, 15) is 9.59 Å². The zero-order chi connectivity index (χ0) is 18.0. The van der Waals surface area contributed by atoms with E-state index in [1.54, 1.807) is 36.4 Å². The van der Waals surface area contributed by atoms with Crippen molar-refractivity contribution in [1.29, 1.82) is 0 Å². The summed E-state index contributed by atoms with van der Waals surface area (Å²) >= 11 is 11.8. The minimum absolute atomic E-state index is 0.126. The number of carbonyl (C=O) groups excluding carboxylic acids is 2. The highest BCUT2D eigenvalue weighted by atomic mass is 35.5. The highest BCUT2D eigenvalue weighted by Gasteiger charge is 2.22. The molecule has 3 aromatic rings. The number of esters is 1. The van der Waals surface area contributed by atoms with Gasteiger partial charge in [-0.05, 0) is 31.2 Å². The molecule has 0 saturated heterocycles. The molecule has 0 aliphatic heterocycles. The van der Waals surface area contributed by atoms with Crippen molar-refractivity contribution in [2.24, 2.45) is 0 Å². The van der Waals surface area contributed by atoms with Gasteiger partial charge >= 0.3 is 5.97 Å². The number of hydrogen-bond acceptors (Lipinski definition) is 4. The van der Waals surface area contributed by atoms with Crippen molar-refractivity contribution in [3.8, 4) is 0 Å². The van der Waals surface area contributed by atoms with Gasteiger partial charge in [-0.15, -0.1) is 0 Å². The molecule has 0 bridgehead atoms. The minimum Gasteiger partial charge on any atom is -0.448 e. The van der Waals surface area contributed by atoms with Crippen LogP contribution in [-0.2, 0) is 9.53 Å². The number of aromatic amines is 1. The molecule has 0 saturated carbocycles. The Morgan fingerprint density at radius 3 is 2.56 bits per heavy atom. The Balaban J connectivity index is 1.69. The quantitative estimate of drug-likeness (QED) is 0.671. The number of anilines is 1. The number of nitrogens with zero attached hydrogens (tertiary/aromatic N) is 1. The second-order valence-corrected chi connectivity index (χ2v) is 6.19. The molecule has 1 aromatic heterocycles. The van der Waals surface area contributed by atoms with Gasteiger partial charge in [-0.1, -0.05) is 41.4 Å². The van der Waals surface area contributed by atoms with Crippen LogP contribution in [0.1, 0.15) is 17.4 Å². The molecule has 1 amide bonds. The van der Waals surface area contributed by atoms with E-state index in [4.69, 9.17) is 27.9 Å². The molecular formula is C17H13Cl2N3O3. The maximum atomic E-state index is 12.3. The van der Waals surface area contributed by atoms with Gasteiger partial charge in [-0.3, -0.25) is 9.89 Å². The molecule has 0 fully saturated rings. The van der Waals surface area contributed by atoms with E-state index in [2.05, 4.69) is 15.5 Å². The van der Waals surface area contributed by atoms with E-state index in [0.717, 1.165) is 0 Å². The Hall–Kier alpha value is -2.57. The first-order chi connectivity index (χ1) is 11.9. The van der Waals surface area contributed by atoms with E-state index in [-0.39, 0.29) is 5.69 Å². The summed E-state index contributed by atoms with van der Waals surface area (Å²) in [4.78, 5) is 24.5. The molecule has 25 heavy (non-hydrogen) atoms. The summed E-state index contributed by atoms with van der Waals surface area (Å²) in [6.45, 7) is 1.47. The van der Waals surface area contributed by atoms with Gasteiger partial charge in [0.05, 0.1) is 5.52 Å². The zero-order valence-electron chi connectivity index (χ0n) is 13.0. The predicted octanol–water partition coefficient (Wildman–Crippen LogP) is 4.05. The first kappa shape index (κ1) is 17.3. The van der Waals surface area contributed by atoms with Gasteiger partial charge in [0.2, 0.25) is 0 Å². The molecule has 0 aliphatic carbocycles. The lowest BCUT2D eigenvalue weighted by Crippen LogP contribution is -2.30. The predicted molar refractivity (Wildman–Crippen MR) is 96.1 cm³/mol. The van der Waals surface area contributed by atoms with Gasteiger partial charge in [-0.2, -0.15) is 5.10 Å². The number of nitrogens with one attached hydrogen (secondary N) is 2. The highest BCUT2D eigenvalue weighted by Crippen LogP contribution is 2.23. The van der Waals surface area contributed by atoms with Crippen molar-refractivity contribution in [1.82, 2.24) is 10.2 Å². The van der Waals surface area contributed by atoms with Gasteiger partial charge < -0.3 is 10.1 Å². The topological polar surface area (TPSA) is 84.1 Å².